The highest BCUT2D eigenvalue weighted by Gasteiger charge is 2.17. The first-order chi connectivity index (χ1) is 7.89. The van der Waals surface area contributed by atoms with Gasteiger partial charge in [-0.05, 0) is 38.5 Å². The number of hydrogen-bond acceptors (Lipinski definition) is 3. The minimum atomic E-state index is -0.318. The van der Waals surface area contributed by atoms with Crippen LogP contribution in [0.1, 0.15) is 25.0 Å². The van der Waals surface area contributed by atoms with Crippen LogP contribution in [-0.4, -0.2) is 24.4 Å². The lowest BCUT2D eigenvalue weighted by atomic mass is 10.1. The van der Waals surface area contributed by atoms with E-state index in [2.05, 4.69) is 5.32 Å². The molecule has 0 radical (unpaired) electrons. The summed E-state index contributed by atoms with van der Waals surface area (Å²) in [6.45, 7) is 6.53. The van der Waals surface area contributed by atoms with Gasteiger partial charge < -0.3 is 15.2 Å². The quantitative estimate of drug-likeness (QED) is 0.852. The van der Waals surface area contributed by atoms with Gasteiger partial charge in [0.1, 0.15) is 5.75 Å². The molecule has 3 nitrogen and oxygen atoms in total. The number of nitrogens with one attached hydrogen (secondary N) is 1. The van der Waals surface area contributed by atoms with Crippen molar-refractivity contribution in [3.05, 3.63) is 28.3 Å². The second kappa shape index (κ2) is 5.71. The van der Waals surface area contributed by atoms with Gasteiger partial charge in [0, 0.05) is 22.7 Å². The molecule has 0 heterocycles. The summed E-state index contributed by atoms with van der Waals surface area (Å²) in [5.41, 5.74) is 1.69. The molecule has 96 valence electrons. The first-order valence-electron chi connectivity index (χ1n) is 5.58. The molecule has 0 unspecified atom stereocenters. The third-order valence-corrected chi connectivity index (χ3v) is 2.89. The topological polar surface area (TPSA) is 41.5 Å². The Kier molecular flexibility index (Phi) is 4.80. The van der Waals surface area contributed by atoms with Crippen LogP contribution in [0.25, 0.3) is 0 Å². The van der Waals surface area contributed by atoms with Gasteiger partial charge in [0.15, 0.2) is 0 Å². The minimum absolute atomic E-state index is 0.0782. The van der Waals surface area contributed by atoms with Crippen molar-refractivity contribution in [3.8, 4) is 5.75 Å². The number of benzene rings is 1. The molecule has 0 aliphatic heterocycles. The second-order valence-electron chi connectivity index (χ2n) is 4.81. The zero-order chi connectivity index (χ0) is 13.1. The van der Waals surface area contributed by atoms with E-state index in [0.29, 0.717) is 11.6 Å². The van der Waals surface area contributed by atoms with Gasteiger partial charge >= 0.3 is 0 Å². The van der Waals surface area contributed by atoms with Crippen LogP contribution >= 0.6 is 11.6 Å². The molecule has 1 aromatic carbocycles. The second-order valence-corrected chi connectivity index (χ2v) is 5.25. The van der Waals surface area contributed by atoms with Gasteiger partial charge in [-0.3, -0.25) is 0 Å². The lowest BCUT2D eigenvalue weighted by Gasteiger charge is -2.24. The Balaban J connectivity index is 2.90. The Morgan fingerprint density at radius 2 is 2.06 bits per heavy atom. The van der Waals surface area contributed by atoms with Crippen LogP contribution in [0.15, 0.2) is 12.1 Å². The fourth-order valence-corrected chi connectivity index (χ4v) is 1.91. The van der Waals surface area contributed by atoms with E-state index in [1.807, 2.05) is 32.9 Å². The fraction of sp³-hybridized carbons (Fsp3) is 0.538. The number of rotatable bonds is 5. The zero-order valence-corrected chi connectivity index (χ0v) is 11.6. The molecule has 17 heavy (non-hydrogen) atoms. The summed E-state index contributed by atoms with van der Waals surface area (Å²) in [6.07, 6.45) is 0. The van der Waals surface area contributed by atoms with Crippen molar-refractivity contribution in [2.45, 2.75) is 32.9 Å². The highest BCUT2D eigenvalue weighted by Crippen LogP contribution is 2.27. The smallest absolute Gasteiger partial charge is 0.126 e. The lowest BCUT2D eigenvalue weighted by Crippen LogP contribution is -2.42. The van der Waals surface area contributed by atoms with E-state index < -0.39 is 0 Å². The molecule has 0 aliphatic carbocycles. The zero-order valence-electron chi connectivity index (χ0n) is 10.8. The van der Waals surface area contributed by atoms with Crippen LogP contribution in [0.3, 0.4) is 0 Å². The molecule has 0 amide bonds. The van der Waals surface area contributed by atoms with Crippen molar-refractivity contribution in [1.29, 1.82) is 0 Å². The van der Waals surface area contributed by atoms with Crippen LogP contribution in [-0.2, 0) is 6.54 Å². The van der Waals surface area contributed by atoms with Crippen molar-refractivity contribution in [2.75, 3.05) is 13.7 Å². The number of ether oxygens (including phenoxy) is 1. The van der Waals surface area contributed by atoms with E-state index in [0.717, 1.165) is 16.9 Å². The van der Waals surface area contributed by atoms with Crippen LogP contribution in [0.5, 0.6) is 5.75 Å². The van der Waals surface area contributed by atoms with Gasteiger partial charge in [0.2, 0.25) is 0 Å². The summed E-state index contributed by atoms with van der Waals surface area (Å²) in [4.78, 5) is 0. The monoisotopic (exact) mass is 257 g/mol. The normalized spacial score (nSPS) is 11.6. The Morgan fingerprint density at radius 1 is 1.41 bits per heavy atom. The Hall–Kier alpha value is -0.770. The van der Waals surface area contributed by atoms with Crippen molar-refractivity contribution >= 4 is 11.6 Å². The molecule has 0 saturated heterocycles. The van der Waals surface area contributed by atoms with E-state index >= 15 is 0 Å². The minimum Gasteiger partial charge on any atom is -0.496 e. The summed E-state index contributed by atoms with van der Waals surface area (Å²) >= 11 is 6.03. The summed E-state index contributed by atoms with van der Waals surface area (Å²) in [5.74, 6) is 0.843. The van der Waals surface area contributed by atoms with Crippen molar-refractivity contribution in [2.24, 2.45) is 0 Å². The van der Waals surface area contributed by atoms with Crippen molar-refractivity contribution in [1.82, 2.24) is 5.32 Å². The SMILES string of the molecule is COc1c(C)cc(Cl)cc1CNC(C)(C)CO. The summed E-state index contributed by atoms with van der Waals surface area (Å²) < 4.78 is 5.37. The molecule has 0 bridgehead atoms. The number of methoxy groups -OCH3 is 1. The number of aliphatic hydroxyl groups is 1. The van der Waals surface area contributed by atoms with E-state index in [1.165, 1.54) is 0 Å². The number of aliphatic hydroxyl groups excluding tert-OH is 1. The van der Waals surface area contributed by atoms with E-state index in [9.17, 15) is 5.11 Å². The van der Waals surface area contributed by atoms with Gasteiger partial charge in [-0.15, -0.1) is 0 Å². The molecule has 1 rings (SSSR count). The first-order valence-corrected chi connectivity index (χ1v) is 5.96. The van der Waals surface area contributed by atoms with Crippen molar-refractivity contribution in [3.63, 3.8) is 0 Å². The molecule has 0 aliphatic rings. The number of hydrogen-bond donors (Lipinski definition) is 2. The van der Waals surface area contributed by atoms with E-state index in [4.69, 9.17) is 16.3 Å². The highest BCUT2D eigenvalue weighted by molar-refractivity contribution is 6.30. The summed E-state index contributed by atoms with van der Waals surface area (Å²) in [5, 5.41) is 13.1. The van der Waals surface area contributed by atoms with Gasteiger partial charge in [-0.2, -0.15) is 0 Å². The summed E-state index contributed by atoms with van der Waals surface area (Å²) in [6, 6.07) is 3.76. The standard InChI is InChI=1S/C13H20ClNO2/c1-9-5-11(14)6-10(12(9)17-4)7-15-13(2,3)8-16/h5-6,15-16H,7-8H2,1-4H3. The molecule has 0 saturated carbocycles. The largest absolute Gasteiger partial charge is 0.496 e. The predicted molar refractivity (Wildman–Crippen MR) is 70.7 cm³/mol. The Bertz CT molecular complexity index is 391. The molecule has 1 aromatic rings. The summed E-state index contributed by atoms with van der Waals surface area (Å²) in [7, 11) is 1.65. The highest BCUT2D eigenvalue weighted by atomic mass is 35.5. The maximum Gasteiger partial charge on any atom is 0.126 e. The number of aryl methyl sites for hydroxylation is 1. The lowest BCUT2D eigenvalue weighted by molar-refractivity contribution is 0.187. The van der Waals surface area contributed by atoms with Crippen LogP contribution in [0, 0.1) is 6.92 Å². The molecule has 0 atom stereocenters. The van der Waals surface area contributed by atoms with Gasteiger partial charge in [0.05, 0.1) is 13.7 Å². The molecule has 0 spiro atoms. The van der Waals surface area contributed by atoms with Gasteiger partial charge in [-0.25, -0.2) is 0 Å². The maximum atomic E-state index is 9.19. The molecule has 4 heteroatoms. The Labute approximate surface area is 108 Å². The average molecular weight is 258 g/mol. The maximum absolute atomic E-state index is 9.19. The van der Waals surface area contributed by atoms with Crippen molar-refractivity contribution < 1.29 is 9.84 Å². The third-order valence-electron chi connectivity index (χ3n) is 2.67. The molecular weight excluding hydrogens is 238 g/mol. The van der Waals surface area contributed by atoms with E-state index in [-0.39, 0.29) is 12.1 Å². The van der Waals surface area contributed by atoms with Crippen LogP contribution < -0.4 is 10.1 Å². The molecule has 2 N–H and O–H groups in total. The molecule has 0 aromatic heterocycles. The number of halogens is 1. The predicted octanol–water partition coefficient (Wildman–Crippen LogP) is 2.52. The van der Waals surface area contributed by atoms with Crippen LogP contribution in [0.2, 0.25) is 5.02 Å². The van der Waals surface area contributed by atoms with Crippen LogP contribution in [0.4, 0.5) is 0 Å². The van der Waals surface area contributed by atoms with E-state index in [1.54, 1.807) is 7.11 Å². The van der Waals surface area contributed by atoms with Gasteiger partial charge in [0.25, 0.3) is 0 Å². The average Bonchev–Trinajstić information content (AvgIpc) is 2.26. The Morgan fingerprint density at radius 3 is 2.59 bits per heavy atom. The molecule has 0 fully saturated rings. The molecular formula is C13H20ClNO2. The van der Waals surface area contributed by atoms with Gasteiger partial charge in [-0.1, -0.05) is 11.6 Å². The third kappa shape index (κ3) is 3.87. The first kappa shape index (κ1) is 14.3. The fourth-order valence-electron chi connectivity index (χ4n) is 1.61.